The van der Waals surface area contributed by atoms with Gasteiger partial charge in [-0.1, -0.05) is 57.5 Å². The zero-order chi connectivity index (χ0) is 25.9. The lowest BCUT2D eigenvalue weighted by atomic mass is 9.68. The first kappa shape index (κ1) is 26.9. The van der Waals surface area contributed by atoms with Crippen molar-refractivity contribution in [1.29, 1.82) is 0 Å². The number of nitrogens with one attached hydrogen (secondary N) is 2. The number of hydrogen-bond acceptors (Lipinski definition) is 4. The molecule has 0 bridgehead atoms. The summed E-state index contributed by atoms with van der Waals surface area (Å²) >= 11 is 0. The molecule has 7 nitrogen and oxygen atoms in total. The van der Waals surface area contributed by atoms with Gasteiger partial charge in [0.1, 0.15) is 6.04 Å². The second-order valence-corrected chi connectivity index (χ2v) is 10.5. The molecule has 1 aliphatic carbocycles. The molecule has 0 aromatic heterocycles. The van der Waals surface area contributed by atoms with Crippen LogP contribution in [0.25, 0.3) is 0 Å². The van der Waals surface area contributed by atoms with Crippen molar-refractivity contribution in [2.24, 2.45) is 29.6 Å². The maximum absolute atomic E-state index is 14.0. The number of amides is 3. The van der Waals surface area contributed by atoms with Crippen LogP contribution < -0.4 is 10.6 Å². The molecule has 1 saturated heterocycles. The lowest BCUT2D eigenvalue weighted by molar-refractivity contribution is -0.143. The minimum Gasteiger partial charge on any atom is -0.394 e. The molecular formula is C28H41N3O4. The summed E-state index contributed by atoms with van der Waals surface area (Å²) in [6.45, 7) is 9.78. The van der Waals surface area contributed by atoms with Crippen LogP contribution in [0, 0.1) is 43.4 Å². The van der Waals surface area contributed by atoms with Crippen molar-refractivity contribution < 1.29 is 19.5 Å². The highest BCUT2D eigenvalue weighted by atomic mass is 16.3. The number of para-hydroxylation sites is 1. The van der Waals surface area contributed by atoms with Gasteiger partial charge in [-0.05, 0) is 49.7 Å². The zero-order valence-corrected chi connectivity index (χ0v) is 21.9. The Hall–Kier alpha value is -2.67. The van der Waals surface area contributed by atoms with Gasteiger partial charge in [-0.25, -0.2) is 0 Å². The van der Waals surface area contributed by atoms with Crippen molar-refractivity contribution in [1.82, 2.24) is 10.2 Å². The second-order valence-electron chi connectivity index (χ2n) is 10.5. The molecule has 0 unspecified atom stereocenters. The first-order chi connectivity index (χ1) is 16.7. The largest absolute Gasteiger partial charge is 0.394 e. The molecule has 0 radical (unpaired) electrons. The van der Waals surface area contributed by atoms with Crippen LogP contribution in [0.2, 0.25) is 0 Å². The highest BCUT2D eigenvalue weighted by Gasteiger charge is 2.58. The van der Waals surface area contributed by atoms with E-state index in [1.807, 2.05) is 58.0 Å². The molecule has 1 aromatic rings. The molecule has 1 aromatic carbocycles. The summed E-state index contributed by atoms with van der Waals surface area (Å²) in [5.41, 5.74) is 2.62. The second kappa shape index (κ2) is 11.4. The molecule has 1 aliphatic heterocycles. The molecule has 6 atom stereocenters. The van der Waals surface area contributed by atoms with E-state index in [1.54, 1.807) is 11.9 Å². The third-order valence-corrected chi connectivity index (χ3v) is 7.56. The summed E-state index contributed by atoms with van der Waals surface area (Å²) in [5, 5.41) is 16.1. The Morgan fingerprint density at radius 1 is 1.11 bits per heavy atom. The molecule has 1 heterocycles. The fraction of sp³-hybridized carbons (Fsp3) is 0.607. The number of benzene rings is 1. The van der Waals surface area contributed by atoms with E-state index < -0.39 is 29.8 Å². The van der Waals surface area contributed by atoms with Crippen LogP contribution in [0.4, 0.5) is 5.69 Å². The number of nitrogens with zero attached hydrogens (tertiary/aromatic N) is 1. The standard InChI is InChI=1S/C28H41N3O4/c1-7-9-19-12-13-21-23(22(19)26(33)29-6)28(35)31(20(15-32)14-16(2)3)25(21)27(34)30-24-17(4)10-8-11-18(24)5/h8,10-13,16,19-23,25,32H,7,9,14-15H2,1-6H3,(H,29,33)(H,30,34)/t19-,20-,21+,22-,23-,25+/m1/s1. The van der Waals surface area contributed by atoms with E-state index in [2.05, 4.69) is 17.6 Å². The highest BCUT2D eigenvalue weighted by Crippen LogP contribution is 2.46. The van der Waals surface area contributed by atoms with Crippen molar-refractivity contribution in [3.63, 3.8) is 0 Å². The zero-order valence-electron chi connectivity index (χ0n) is 21.9. The van der Waals surface area contributed by atoms with Gasteiger partial charge in [-0.15, -0.1) is 0 Å². The van der Waals surface area contributed by atoms with Gasteiger partial charge in [0.25, 0.3) is 0 Å². The normalized spacial score (nSPS) is 26.6. The van der Waals surface area contributed by atoms with Gasteiger partial charge in [0.15, 0.2) is 0 Å². The number of allylic oxidation sites excluding steroid dienone is 1. The Kier molecular flexibility index (Phi) is 8.75. The average molecular weight is 484 g/mol. The van der Waals surface area contributed by atoms with Crippen LogP contribution in [0.15, 0.2) is 30.4 Å². The minimum absolute atomic E-state index is 0.0647. The van der Waals surface area contributed by atoms with Crippen LogP contribution >= 0.6 is 0 Å². The highest BCUT2D eigenvalue weighted by molar-refractivity contribution is 6.02. The Balaban J connectivity index is 2.08. The topological polar surface area (TPSA) is 98.7 Å². The third-order valence-electron chi connectivity index (χ3n) is 7.56. The van der Waals surface area contributed by atoms with Crippen LogP contribution in [-0.4, -0.2) is 53.5 Å². The van der Waals surface area contributed by atoms with Gasteiger partial charge in [-0.2, -0.15) is 0 Å². The van der Waals surface area contributed by atoms with E-state index in [4.69, 9.17) is 0 Å². The van der Waals surface area contributed by atoms with Gasteiger partial charge in [-0.3, -0.25) is 14.4 Å². The molecule has 7 heteroatoms. The molecular weight excluding hydrogens is 442 g/mol. The van der Waals surface area contributed by atoms with E-state index in [-0.39, 0.29) is 36.2 Å². The Morgan fingerprint density at radius 2 is 1.77 bits per heavy atom. The first-order valence-corrected chi connectivity index (χ1v) is 12.9. The third kappa shape index (κ3) is 5.30. The van der Waals surface area contributed by atoms with Gasteiger partial charge >= 0.3 is 0 Å². The summed E-state index contributed by atoms with van der Waals surface area (Å²) in [5.74, 6) is -2.12. The van der Waals surface area contributed by atoms with Crippen molar-refractivity contribution >= 4 is 23.4 Å². The molecule has 3 N–H and O–H groups in total. The quantitative estimate of drug-likeness (QED) is 0.469. The minimum atomic E-state index is -0.798. The molecule has 3 rings (SSSR count). The first-order valence-electron chi connectivity index (χ1n) is 12.9. The fourth-order valence-electron chi connectivity index (χ4n) is 6.00. The molecule has 1 fully saturated rings. The van der Waals surface area contributed by atoms with Crippen molar-refractivity contribution in [3.8, 4) is 0 Å². The Labute approximate surface area is 209 Å². The van der Waals surface area contributed by atoms with Crippen LogP contribution in [0.5, 0.6) is 0 Å². The lowest BCUT2D eigenvalue weighted by Gasteiger charge is -2.34. The number of anilines is 1. The van der Waals surface area contributed by atoms with E-state index in [1.165, 1.54) is 0 Å². The Bertz CT molecular complexity index is 953. The fourth-order valence-corrected chi connectivity index (χ4v) is 6.00. The van der Waals surface area contributed by atoms with Crippen molar-refractivity contribution in [3.05, 3.63) is 41.5 Å². The smallest absolute Gasteiger partial charge is 0.247 e. The predicted molar refractivity (Wildman–Crippen MR) is 138 cm³/mol. The summed E-state index contributed by atoms with van der Waals surface area (Å²) in [7, 11) is 1.59. The summed E-state index contributed by atoms with van der Waals surface area (Å²) in [6, 6.07) is 4.53. The monoisotopic (exact) mass is 483 g/mol. The number of fused-ring (bicyclic) bond motifs is 1. The number of carbonyl (C=O) groups excluding carboxylic acids is 3. The van der Waals surface area contributed by atoms with Crippen LogP contribution in [-0.2, 0) is 14.4 Å². The number of aliphatic hydroxyl groups is 1. The van der Waals surface area contributed by atoms with E-state index >= 15 is 0 Å². The van der Waals surface area contributed by atoms with Crippen molar-refractivity contribution in [2.45, 2.75) is 66.0 Å². The van der Waals surface area contributed by atoms with Gasteiger partial charge < -0.3 is 20.6 Å². The summed E-state index contributed by atoms with van der Waals surface area (Å²) in [4.78, 5) is 42.5. The van der Waals surface area contributed by atoms with Crippen LogP contribution in [0.3, 0.4) is 0 Å². The van der Waals surface area contributed by atoms with E-state index in [0.29, 0.717) is 6.42 Å². The van der Waals surface area contributed by atoms with Crippen molar-refractivity contribution in [2.75, 3.05) is 19.0 Å². The van der Waals surface area contributed by atoms with Crippen LogP contribution in [0.1, 0.15) is 51.2 Å². The number of aliphatic hydroxyl groups excluding tert-OH is 1. The number of aryl methyl sites for hydroxylation is 2. The molecule has 2 aliphatic rings. The molecule has 0 saturated carbocycles. The number of rotatable bonds is 9. The molecule has 35 heavy (non-hydrogen) atoms. The molecule has 0 spiro atoms. The SMILES string of the molecule is CCC[C@@H]1C=C[C@H]2[C@@H](C(=O)N([C@@H](CO)CC(C)C)[C@@H]2C(=O)Nc2c(C)cccc2C)[C@@H]1C(=O)NC. The average Bonchev–Trinajstić information content (AvgIpc) is 3.11. The summed E-state index contributed by atoms with van der Waals surface area (Å²) in [6.07, 6.45) is 6.25. The number of hydrogen-bond donors (Lipinski definition) is 3. The van der Waals surface area contributed by atoms with Gasteiger partial charge in [0, 0.05) is 18.7 Å². The van der Waals surface area contributed by atoms with E-state index in [9.17, 15) is 19.5 Å². The van der Waals surface area contributed by atoms with Gasteiger partial charge in [0.2, 0.25) is 17.7 Å². The maximum Gasteiger partial charge on any atom is 0.247 e. The maximum atomic E-state index is 14.0. The predicted octanol–water partition coefficient (Wildman–Crippen LogP) is 3.44. The molecule has 3 amide bonds. The molecule has 192 valence electrons. The Morgan fingerprint density at radius 3 is 2.31 bits per heavy atom. The van der Waals surface area contributed by atoms with Gasteiger partial charge in [0.05, 0.1) is 24.5 Å². The lowest BCUT2D eigenvalue weighted by Crippen LogP contribution is -2.51. The van der Waals surface area contributed by atoms with E-state index in [0.717, 1.165) is 29.7 Å². The number of carbonyl (C=O) groups is 3. The summed E-state index contributed by atoms with van der Waals surface area (Å²) < 4.78 is 0. The number of likely N-dealkylation sites (tertiary alicyclic amines) is 1.